The van der Waals surface area contributed by atoms with Crippen molar-refractivity contribution in [2.24, 2.45) is 0 Å². The van der Waals surface area contributed by atoms with Gasteiger partial charge in [0.15, 0.2) is 0 Å². The molecule has 0 unspecified atom stereocenters. The molecule has 0 amide bonds. The Balaban J connectivity index is 2.33. The van der Waals surface area contributed by atoms with E-state index in [9.17, 15) is 4.79 Å². The van der Waals surface area contributed by atoms with Crippen molar-refractivity contribution in [2.75, 3.05) is 6.54 Å². The molecule has 0 spiro atoms. The van der Waals surface area contributed by atoms with Gasteiger partial charge in [-0.15, -0.1) is 11.3 Å². The summed E-state index contributed by atoms with van der Waals surface area (Å²) in [4.78, 5) is 18.7. The first-order chi connectivity index (χ1) is 8.50. The fourth-order valence-corrected chi connectivity index (χ4v) is 2.89. The van der Waals surface area contributed by atoms with Crippen molar-refractivity contribution in [1.82, 2.24) is 14.9 Å². The van der Waals surface area contributed by atoms with E-state index in [2.05, 4.69) is 24.1 Å². The zero-order valence-corrected chi connectivity index (χ0v) is 12.1. The number of aromatic nitrogens is 2. The molecule has 2 aromatic heterocycles. The van der Waals surface area contributed by atoms with Crippen LogP contribution in [-0.4, -0.2) is 22.1 Å². The lowest BCUT2D eigenvalue weighted by atomic mass is 10.2. The molecule has 0 bridgehead atoms. The molecule has 2 aromatic rings. The van der Waals surface area contributed by atoms with Crippen molar-refractivity contribution in [3.05, 3.63) is 27.1 Å². The second kappa shape index (κ2) is 5.20. The Morgan fingerprint density at radius 1 is 1.44 bits per heavy atom. The van der Waals surface area contributed by atoms with E-state index in [1.165, 1.54) is 4.88 Å². The van der Waals surface area contributed by atoms with Gasteiger partial charge < -0.3 is 5.32 Å². The van der Waals surface area contributed by atoms with Crippen molar-refractivity contribution >= 4 is 21.6 Å². The van der Waals surface area contributed by atoms with Gasteiger partial charge in [-0.05, 0) is 19.4 Å². The van der Waals surface area contributed by atoms with Crippen molar-refractivity contribution in [3.8, 4) is 0 Å². The molecule has 1 N–H and O–H groups in total. The van der Waals surface area contributed by atoms with Gasteiger partial charge in [-0.1, -0.05) is 13.8 Å². The first kappa shape index (κ1) is 13.2. The smallest absolute Gasteiger partial charge is 0.262 e. The molecule has 0 aromatic carbocycles. The highest BCUT2D eigenvalue weighted by molar-refractivity contribution is 7.18. The first-order valence-corrected chi connectivity index (χ1v) is 7.01. The van der Waals surface area contributed by atoms with Crippen molar-refractivity contribution in [1.29, 1.82) is 0 Å². The number of hydrogen-bond donors (Lipinski definition) is 1. The maximum Gasteiger partial charge on any atom is 0.262 e. The van der Waals surface area contributed by atoms with E-state index >= 15 is 0 Å². The molecule has 0 fully saturated rings. The third-order valence-electron chi connectivity index (χ3n) is 3.06. The molecule has 5 heteroatoms. The number of fused-ring (bicyclic) bond motifs is 1. The maximum absolute atomic E-state index is 12.3. The molecule has 98 valence electrons. The summed E-state index contributed by atoms with van der Waals surface area (Å²) in [6.07, 6.45) is 1.65. The lowest BCUT2D eigenvalue weighted by Crippen LogP contribution is -2.30. The SMILES string of the molecule is Cc1sc2ncn(CCNC(C)C)c(=O)c2c1C. The van der Waals surface area contributed by atoms with Gasteiger partial charge in [0.25, 0.3) is 5.56 Å². The summed E-state index contributed by atoms with van der Waals surface area (Å²) in [6.45, 7) is 9.66. The van der Waals surface area contributed by atoms with Gasteiger partial charge in [0.2, 0.25) is 0 Å². The number of nitrogens with zero attached hydrogens (tertiary/aromatic N) is 2. The Bertz CT molecular complexity index is 612. The largest absolute Gasteiger partial charge is 0.313 e. The first-order valence-electron chi connectivity index (χ1n) is 6.19. The Morgan fingerprint density at radius 3 is 2.83 bits per heavy atom. The molecular formula is C13H19N3OS. The fraction of sp³-hybridized carbons (Fsp3) is 0.538. The van der Waals surface area contributed by atoms with E-state index in [1.54, 1.807) is 22.2 Å². The standard InChI is InChI=1S/C13H19N3OS/c1-8(2)14-5-6-16-7-15-12-11(13(16)17)9(3)10(4)18-12/h7-8,14H,5-6H2,1-4H3. The third-order valence-corrected chi connectivity index (χ3v) is 4.18. The van der Waals surface area contributed by atoms with E-state index in [4.69, 9.17) is 0 Å². The molecule has 0 aliphatic carbocycles. The summed E-state index contributed by atoms with van der Waals surface area (Å²) in [5.74, 6) is 0. The topological polar surface area (TPSA) is 46.9 Å². The molecule has 0 aliphatic heterocycles. The van der Waals surface area contributed by atoms with Crippen LogP contribution in [0, 0.1) is 13.8 Å². The minimum Gasteiger partial charge on any atom is -0.313 e. The van der Waals surface area contributed by atoms with Gasteiger partial charge in [-0.2, -0.15) is 0 Å². The van der Waals surface area contributed by atoms with Crippen LogP contribution in [0.5, 0.6) is 0 Å². The molecule has 2 heterocycles. The van der Waals surface area contributed by atoms with E-state index in [0.717, 1.165) is 22.3 Å². The van der Waals surface area contributed by atoms with Gasteiger partial charge in [0.1, 0.15) is 4.83 Å². The number of nitrogens with one attached hydrogen (secondary N) is 1. The van der Waals surface area contributed by atoms with Crippen LogP contribution in [0.25, 0.3) is 10.2 Å². The number of rotatable bonds is 4. The monoisotopic (exact) mass is 265 g/mol. The number of aryl methyl sites for hydroxylation is 2. The van der Waals surface area contributed by atoms with E-state index in [0.29, 0.717) is 12.6 Å². The molecule has 18 heavy (non-hydrogen) atoms. The molecule has 0 saturated carbocycles. The zero-order valence-electron chi connectivity index (χ0n) is 11.3. The molecule has 0 aliphatic rings. The molecule has 0 radical (unpaired) electrons. The Kier molecular flexibility index (Phi) is 3.82. The van der Waals surface area contributed by atoms with Gasteiger partial charge >= 0.3 is 0 Å². The summed E-state index contributed by atoms with van der Waals surface area (Å²) >= 11 is 1.59. The van der Waals surface area contributed by atoms with E-state index in [-0.39, 0.29) is 5.56 Å². The predicted octanol–water partition coefficient (Wildman–Crippen LogP) is 2.07. The second-order valence-electron chi connectivity index (χ2n) is 4.82. The minimum absolute atomic E-state index is 0.0763. The number of thiophene rings is 1. The zero-order chi connectivity index (χ0) is 13.3. The summed E-state index contributed by atoms with van der Waals surface area (Å²) < 4.78 is 1.69. The van der Waals surface area contributed by atoms with Gasteiger partial charge in [-0.3, -0.25) is 9.36 Å². The highest BCUT2D eigenvalue weighted by Gasteiger charge is 2.11. The third kappa shape index (κ3) is 2.47. The van der Waals surface area contributed by atoms with Gasteiger partial charge in [0, 0.05) is 24.0 Å². The summed E-state index contributed by atoms with van der Waals surface area (Å²) in [6, 6.07) is 0.433. The normalized spacial score (nSPS) is 11.6. The summed E-state index contributed by atoms with van der Waals surface area (Å²) in [5.41, 5.74) is 1.14. The van der Waals surface area contributed by atoms with Crippen LogP contribution < -0.4 is 10.9 Å². The summed E-state index contributed by atoms with van der Waals surface area (Å²) in [5, 5.41) is 4.09. The van der Waals surface area contributed by atoms with Gasteiger partial charge in [-0.25, -0.2) is 4.98 Å². The second-order valence-corrected chi connectivity index (χ2v) is 6.02. The lowest BCUT2D eigenvalue weighted by molar-refractivity contribution is 0.532. The molecule has 4 nitrogen and oxygen atoms in total. The highest BCUT2D eigenvalue weighted by Crippen LogP contribution is 2.25. The molecule has 2 rings (SSSR count). The fourth-order valence-electron chi connectivity index (χ4n) is 1.90. The van der Waals surface area contributed by atoms with Crippen LogP contribution in [0.3, 0.4) is 0 Å². The average molecular weight is 265 g/mol. The highest BCUT2D eigenvalue weighted by atomic mass is 32.1. The Morgan fingerprint density at radius 2 is 2.17 bits per heavy atom. The lowest BCUT2D eigenvalue weighted by Gasteiger charge is -2.09. The van der Waals surface area contributed by atoms with Crippen LogP contribution in [0.15, 0.2) is 11.1 Å². The molecule has 0 saturated heterocycles. The van der Waals surface area contributed by atoms with Crippen molar-refractivity contribution in [2.45, 2.75) is 40.3 Å². The number of hydrogen-bond acceptors (Lipinski definition) is 4. The van der Waals surface area contributed by atoms with Crippen molar-refractivity contribution in [3.63, 3.8) is 0 Å². The quantitative estimate of drug-likeness (QED) is 0.920. The summed E-state index contributed by atoms with van der Waals surface area (Å²) in [7, 11) is 0. The Hall–Kier alpha value is -1.20. The minimum atomic E-state index is 0.0763. The van der Waals surface area contributed by atoms with E-state index < -0.39 is 0 Å². The van der Waals surface area contributed by atoms with Crippen LogP contribution in [0.2, 0.25) is 0 Å². The van der Waals surface area contributed by atoms with Crippen molar-refractivity contribution < 1.29 is 0 Å². The predicted molar refractivity (Wildman–Crippen MR) is 76.5 cm³/mol. The molecular weight excluding hydrogens is 246 g/mol. The van der Waals surface area contributed by atoms with Crippen LogP contribution in [-0.2, 0) is 6.54 Å². The van der Waals surface area contributed by atoms with Crippen LogP contribution >= 0.6 is 11.3 Å². The maximum atomic E-state index is 12.3. The van der Waals surface area contributed by atoms with Crippen LogP contribution in [0.4, 0.5) is 0 Å². The van der Waals surface area contributed by atoms with E-state index in [1.807, 2.05) is 13.8 Å². The Labute approximate surface area is 111 Å². The average Bonchev–Trinajstić information content (AvgIpc) is 2.58. The van der Waals surface area contributed by atoms with Crippen LogP contribution in [0.1, 0.15) is 24.3 Å². The molecule has 0 atom stereocenters. The van der Waals surface area contributed by atoms with Gasteiger partial charge in [0.05, 0.1) is 11.7 Å².